The first-order chi connectivity index (χ1) is 14.6. The Labute approximate surface area is 171 Å². The lowest BCUT2D eigenvalue weighted by atomic mass is 10.0. The molecule has 0 bridgehead atoms. The number of tetrazole rings is 1. The van der Waals surface area contributed by atoms with Crippen molar-refractivity contribution in [3.63, 3.8) is 0 Å². The Kier molecular flexibility index (Phi) is 4.14. The van der Waals surface area contributed by atoms with Gasteiger partial charge in [-0.25, -0.2) is 4.98 Å². The van der Waals surface area contributed by atoms with Crippen LogP contribution in [0.2, 0.25) is 0 Å². The number of nitro groups is 1. The molecule has 0 aliphatic heterocycles. The molecule has 5 aromatic rings. The van der Waals surface area contributed by atoms with Gasteiger partial charge in [-0.15, -0.1) is 21.5 Å². The monoisotopic (exact) mass is 417 g/mol. The predicted molar refractivity (Wildman–Crippen MR) is 110 cm³/mol. The van der Waals surface area contributed by atoms with Gasteiger partial charge >= 0.3 is 0 Å². The minimum absolute atomic E-state index is 0.0141. The second kappa shape index (κ2) is 6.97. The van der Waals surface area contributed by atoms with Crippen molar-refractivity contribution in [2.75, 3.05) is 0 Å². The van der Waals surface area contributed by atoms with E-state index in [-0.39, 0.29) is 28.3 Å². The molecule has 3 aromatic heterocycles. The van der Waals surface area contributed by atoms with Crippen LogP contribution in [0, 0.1) is 10.1 Å². The van der Waals surface area contributed by atoms with Crippen LogP contribution in [0.25, 0.3) is 38.9 Å². The molecule has 0 saturated heterocycles. The quantitative estimate of drug-likeness (QED) is 0.351. The summed E-state index contributed by atoms with van der Waals surface area (Å²) in [5, 5.41) is 27.1. The number of benzene rings is 2. The molecule has 11 heteroatoms. The van der Waals surface area contributed by atoms with E-state index in [0.29, 0.717) is 10.7 Å². The number of aromatic amines is 1. The van der Waals surface area contributed by atoms with Crippen molar-refractivity contribution in [2.24, 2.45) is 0 Å². The van der Waals surface area contributed by atoms with E-state index < -0.39 is 10.5 Å². The number of para-hydroxylation sites is 1. The van der Waals surface area contributed by atoms with Crippen molar-refractivity contribution >= 4 is 22.0 Å². The highest BCUT2D eigenvalue weighted by atomic mass is 32.1. The first kappa shape index (κ1) is 17.8. The van der Waals surface area contributed by atoms with Crippen molar-refractivity contribution < 1.29 is 4.92 Å². The molecule has 0 atom stereocenters. The van der Waals surface area contributed by atoms with Gasteiger partial charge < -0.3 is 0 Å². The van der Waals surface area contributed by atoms with Gasteiger partial charge in [-0.3, -0.25) is 19.3 Å². The van der Waals surface area contributed by atoms with Gasteiger partial charge in [-0.2, -0.15) is 5.21 Å². The smallest absolute Gasteiger partial charge is 0.268 e. The van der Waals surface area contributed by atoms with Crippen LogP contribution in [0.5, 0.6) is 0 Å². The topological polar surface area (TPSA) is 132 Å². The molecule has 0 unspecified atom stereocenters. The molecule has 30 heavy (non-hydrogen) atoms. The van der Waals surface area contributed by atoms with Crippen molar-refractivity contribution in [3.8, 4) is 33.9 Å². The van der Waals surface area contributed by atoms with Crippen LogP contribution in [0.4, 0.5) is 5.69 Å². The van der Waals surface area contributed by atoms with Crippen LogP contribution in [0.3, 0.4) is 0 Å². The van der Waals surface area contributed by atoms with E-state index in [4.69, 9.17) is 0 Å². The summed E-state index contributed by atoms with van der Waals surface area (Å²) in [4.78, 5) is 29.7. The number of H-pyrrole nitrogens is 1. The van der Waals surface area contributed by atoms with Crippen molar-refractivity contribution in [2.45, 2.75) is 0 Å². The maximum atomic E-state index is 13.6. The molecule has 146 valence electrons. The molecule has 3 heterocycles. The summed E-state index contributed by atoms with van der Waals surface area (Å²) >= 11 is 1.27. The average molecular weight is 417 g/mol. The van der Waals surface area contributed by atoms with Crippen LogP contribution in [0.15, 0.2) is 64.8 Å². The van der Waals surface area contributed by atoms with E-state index in [2.05, 4.69) is 25.6 Å². The number of nitrogens with one attached hydrogen (secondary N) is 1. The number of hydrogen-bond acceptors (Lipinski definition) is 8. The van der Waals surface area contributed by atoms with Crippen molar-refractivity contribution in [3.05, 3.63) is 80.4 Å². The summed E-state index contributed by atoms with van der Waals surface area (Å²) in [5.74, 6) is 0.0141. The second-order valence-corrected chi connectivity index (χ2v) is 7.09. The van der Waals surface area contributed by atoms with Gasteiger partial charge in [0.2, 0.25) is 5.82 Å². The van der Waals surface area contributed by atoms with Gasteiger partial charge in [0.15, 0.2) is 4.96 Å². The molecule has 2 aromatic carbocycles. The Morgan fingerprint density at radius 2 is 1.83 bits per heavy atom. The lowest BCUT2D eigenvalue weighted by Gasteiger charge is -2.08. The van der Waals surface area contributed by atoms with E-state index in [1.54, 1.807) is 18.2 Å². The summed E-state index contributed by atoms with van der Waals surface area (Å²) in [5.41, 5.74) is 1.27. The first-order valence-electron chi connectivity index (χ1n) is 8.72. The summed E-state index contributed by atoms with van der Waals surface area (Å²) < 4.78 is 1.46. The molecule has 5 rings (SSSR count). The van der Waals surface area contributed by atoms with Crippen molar-refractivity contribution in [1.29, 1.82) is 0 Å². The normalized spacial score (nSPS) is 11.1. The molecule has 0 fully saturated rings. The third-order valence-corrected chi connectivity index (χ3v) is 5.39. The fourth-order valence-corrected chi connectivity index (χ4v) is 4.15. The Morgan fingerprint density at radius 3 is 2.57 bits per heavy atom. The van der Waals surface area contributed by atoms with Crippen LogP contribution < -0.4 is 5.56 Å². The Balaban J connectivity index is 1.89. The molecular formula is C19H11N7O3S. The van der Waals surface area contributed by atoms with Crippen molar-refractivity contribution in [1.82, 2.24) is 30.0 Å². The summed E-state index contributed by atoms with van der Waals surface area (Å²) in [7, 11) is 0. The lowest BCUT2D eigenvalue weighted by Crippen LogP contribution is -2.19. The molecular weight excluding hydrogens is 406 g/mol. The number of aromatic nitrogens is 6. The lowest BCUT2D eigenvalue weighted by molar-refractivity contribution is -0.384. The summed E-state index contributed by atoms with van der Waals surface area (Å²) in [6.07, 6.45) is 0. The predicted octanol–water partition coefficient (Wildman–Crippen LogP) is 3.18. The number of thiazole rings is 1. The van der Waals surface area contributed by atoms with Gasteiger partial charge in [-0.1, -0.05) is 42.5 Å². The zero-order valence-electron chi connectivity index (χ0n) is 15.1. The minimum atomic E-state index is -0.511. The van der Waals surface area contributed by atoms with Crippen LogP contribution in [-0.2, 0) is 0 Å². The maximum absolute atomic E-state index is 13.6. The van der Waals surface area contributed by atoms with E-state index in [1.165, 1.54) is 21.8 Å². The van der Waals surface area contributed by atoms with E-state index in [9.17, 15) is 14.9 Å². The van der Waals surface area contributed by atoms with Gasteiger partial charge in [0.05, 0.1) is 21.9 Å². The summed E-state index contributed by atoms with van der Waals surface area (Å²) in [6.45, 7) is 0. The fourth-order valence-electron chi connectivity index (χ4n) is 3.26. The van der Waals surface area contributed by atoms with Crippen LogP contribution >= 0.6 is 11.3 Å². The highest BCUT2D eigenvalue weighted by Gasteiger charge is 2.26. The van der Waals surface area contributed by atoms with Crippen LogP contribution in [0.1, 0.15) is 0 Å². The molecule has 0 aliphatic carbocycles. The minimum Gasteiger partial charge on any atom is -0.268 e. The standard InChI is InChI=1S/C19H11N7O3S/c27-18-15(17-21-23-24-22-17)16(12-8-4-5-9-13(12)26(28)29)20-19-25(18)14(10-30-19)11-6-2-1-3-7-11/h1-10H,(H,21,22,23,24). The number of rotatable bonds is 4. The van der Waals surface area contributed by atoms with Gasteiger partial charge in [0.25, 0.3) is 11.2 Å². The van der Waals surface area contributed by atoms with Crippen LogP contribution in [-0.4, -0.2) is 34.9 Å². The second-order valence-electron chi connectivity index (χ2n) is 6.26. The third-order valence-electron chi connectivity index (χ3n) is 4.56. The largest absolute Gasteiger partial charge is 0.278 e. The van der Waals surface area contributed by atoms with E-state index in [1.807, 2.05) is 35.7 Å². The zero-order valence-corrected chi connectivity index (χ0v) is 15.9. The highest BCUT2D eigenvalue weighted by molar-refractivity contribution is 7.15. The van der Waals surface area contributed by atoms with Gasteiger partial charge in [-0.05, 0) is 16.8 Å². The Hall–Kier alpha value is -4.25. The molecule has 10 nitrogen and oxygen atoms in total. The number of nitrogens with zero attached hydrogens (tertiary/aromatic N) is 6. The van der Waals surface area contributed by atoms with Gasteiger partial charge in [0, 0.05) is 11.4 Å². The Morgan fingerprint density at radius 1 is 1.07 bits per heavy atom. The number of nitro benzene ring substituents is 1. The number of fused-ring (bicyclic) bond motifs is 1. The fraction of sp³-hybridized carbons (Fsp3) is 0. The molecule has 0 saturated carbocycles. The highest BCUT2D eigenvalue weighted by Crippen LogP contribution is 2.34. The number of hydrogen-bond donors (Lipinski definition) is 1. The zero-order chi connectivity index (χ0) is 20.7. The third kappa shape index (κ3) is 2.76. The van der Waals surface area contributed by atoms with Gasteiger partial charge in [0.1, 0.15) is 5.56 Å². The molecule has 0 aliphatic rings. The Bertz CT molecular complexity index is 1440. The first-order valence-corrected chi connectivity index (χ1v) is 9.60. The van der Waals surface area contributed by atoms with E-state index >= 15 is 0 Å². The molecule has 0 amide bonds. The SMILES string of the molecule is O=c1c(-c2nn[nH]n2)c(-c2ccccc2[N+](=O)[O-])nc2scc(-c3ccccc3)n12. The molecule has 1 N–H and O–H groups in total. The molecule has 0 radical (unpaired) electrons. The van der Waals surface area contributed by atoms with E-state index in [0.717, 1.165) is 5.56 Å². The molecule has 0 spiro atoms. The average Bonchev–Trinajstić information content (AvgIpc) is 3.44. The maximum Gasteiger partial charge on any atom is 0.278 e. The summed E-state index contributed by atoms with van der Waals surface area (Å²) in [6, 6.07) is 15.5.